The molecule has 0 aromatic carbocycles. The van der Waals surface area contributed by atoms with Crippen molar-refractivity contribution in [1.29, 1.82) is 0 Å². The first kappa shape index (κ1) is 30.4. The smallest absolute Gasteiger partial charge is 0.303 e. The molecule has 0 amide bonds. The molecule has 1 aromatic rings. The van der Waals surface area contributed by atoms with Crippen molar-refractivity contribution in [2.75, 3.05) is 13.1 Å². The van der Waals surface area contributed by atoms with E-state index < -0.39 is 17.2 Å². The Morgan fingerprint density at radius 3 is 2.65 bits per heavy atom. The summed E-state index contributed by atoms with van der Waals surface area (Å²) >= 11 is 1.27. The van der Waals surface area contributed by atoms with Gasteiger partial charge in [-0.05, 0) is 74.3 Å². The van der Waals surface area contributed by atoms with Gasteiger partial charge in [0.05, 0.1) is 23.2 Å². The lowest BCUT2D eigenvalue weighted by molar-refractivity contribution is -0.109. The maximum Gasteiger partial charge on any atom is 0.416 e. The lowest BCUT2D eigenvalue weighted by Crippen LogP contribution is -2.39. The van der Waals surface area contributed by atoms with Crippen LogP contribution in [0.5, 0.6) is 0 Å². The average Bonchev–Trinajstić information content (AvgIpc) is 3.23. The zero-order valence-corrected chi connectivity index (χ0v) is 22.8. The number of allylic oxidation sites excluding steroid dienone is 10. The van der Waals surface area contributed by atoms with Crippen LogP contribution in [-0.4, -0.2) is 39.6 Å². The summed E-state index contributed by atoms with van der Waals surface area (Å²) in [5.41, 5.74) is 2.76. The van der Waals surface area contributed by atoms with Crippen LogP contribution in [0.25, 0.3) is 11.8 Å². The van der Waals surface area contributed by atoms with Gasteiger partial charge in [0, 0.05) is 24.9 Å². The van der Waals surface area contributed by atoms with E-state index in [1.54, 1.807) is 6.92 Å². The van der Waals surface area contributed by atoms with Gasteiger partial charge in [-0.15, -0.1) is 6.58 Å². The van der Waals surface area contributed by atoms with E-state index in [0.29, 0.717) is 30.8 Å². The molecule has 0 spiro atoms. The Hall–Kier alpha value is -2.84. The molecule has 0 bridgehead atoms. The van der Waals surface area contributed by atoms with E-state index in [1.807, 2.05) is 60.3 Å². The second-order valence-corrected chi connectivity index (χ2v) is 10.3. The SMILES string of the molecule is C=C/C=C(\C=C(/C)SN(CC)CC1(CC=O)Cc2cnn(C(/C=C\CC=C)=C/C)c2C=C1C)C(F)(F)F. The van der Waals surface area contributed by atoms with E-state index in [1.165, 1.54) is 11.9 Å². The number of alkyl halides is 3. The molecule has 1 aliphatic rings. The van der Waals surface area contributed by atoms with Crippen molar-refractivity contribution in [3.05, 3.63) is 89.2 Å². The maximum absolute atomic E-state index is 13.3. The molecule has 4 nitrogen and oxygen atoms in total. The van der Waals surface area contributed by atoms with Crippen LogP contribution < -0.4 is 0 Å². The molecule has 1 atom stereocenters. The Morgan fingerprint density at radius 1 is 1.35 bits per heavy atom. The molecule has 0 fully saturated rings. The van der Waals surface area contributed by atoms with Crippen LogP contribution in [-0.2, 0) is 11.2 Å². The number of aldehydes is 1. The van der Waals surface area contributed by atoms with E-state index in [-0.39, 0.29) is 0 Å². The van der Waals surface area contributed by atoms with E-state index in [0.717, 1.165) is 53.5 Å². The third-order valence-electron chi connectivity index (χ3n) is 6.30. The summed E-state index contributed by atoms with van der Waals surface area (Å²) in [6.45, 7) is 15.8. The summed E-state index contributed by atoms with van der Waals surface area (Å²) in [6.07, 6.45) is 13.1. The Kier molecular flexibility index (Phi) is 11.2. The summed E-state index contributed by atoms with van der Waals surface area (Å²) in [5, 5.41) is 4.62. The lowest BCUT2D eigenvalue weighted by Gasteiger charge is -2.40. The summed E-state index contributed by atoms with van der Waals surface area (Å²) in [6, 6.07) is 0. The minimum atomic E-state index is -4.46. The highest BCUT2D eigenvalue weighted by Crippen LogP contribution is 2.43. The fourth-order valence-electron chi connectivity index (χ4n) is 4.31. The molecule has 0 N–H and O–H groups in total. The van der Waals surface area contributed by atoms with Crippen molar-refractivity contribution in [1.82, 2.24) is 14.1 Å². The lowest BCUT2D eigenvalue weighted by atomic mass is 9.70. The molecule has 200 valence electrons. The number of carbonyl (C=O) groups is 1. The zero-order chi connectivity index (χ0) is 27.6. The van der Waals surface area contributed by atoms with Crippen LogP contribution in [0.15, 0.2) is 77.9 Å². The van der Waals surface area contributed by atoms with Gasteiger partial charge in [-0.25, -0.2) is 8.99 Å². The summed E-state index contributed by atoms with van der Waals surface area (Å²) in [5.74, 6) is 0. The molecule has 0 radical (unpaired) electrons. The third kappa shape index (κ3) is 7.82. The van der Waals surface area contributed by atoms with Gasteiger partial charge in [0.15, 0.2) is 0 Å². The van der Waals surface area contributed by atoms with Gasteiger partial charge in [-0.3, -0.25) is 0 Å². The fraction of sp³-hybridized carbons (Fsp3) is 0.379. The Labute approximate surface area is 222 Å². The first-order chi connectivity index (χ1) is 17.5. The van der Waals surface area contributed by atoms with Crippen LogP contribution >= 0.6 is 11.9 Å². The summed E-state index contributed by atoms with van der Waals surface area (Å²) < 4.78 is 43.9. The van der Waals surface area contributed by atoms with Gasteiger partial charge in [0.1, 0.15) is 6.29 Å². The molecule has 0 saturated heterocycles. The van der Waals surface area contributed by atoms with Gasteiger partial charge in [-0.1, -0.05) is 49.5 Å². The quantitative estimate of drug-likeness (QED) is 0.112. The van der Waals surface area contributed by atoms with E-state index in [4.69, 9.17) is 0 Å². The number of fused-ring (bicyclic) bond motifs is 1. The highest BCUT2D eigenvalue weighted by Gasteiger charge is 2.39. The van der Waals surface area contributed by atoms with Crippen molar-refractivity contribution in [3.8, 4) is 0 Å². The van der Waals surface area contributed by atoms with Gasteiger partial charge in [-0.2, -0.15) is 18.3 Å². The van der Waals surface area contributed by atoms with Gasteiger partial charge in [0.25, 0.3) is 0 Å². The topological polar surface area (TPSA) is 38.1 Å². The third-order valence-corrected chi connectivity index (χ3v) is 7.35. The van der Waals surface area contributed by atoms with Crippen LogP contribution in [0.4, 0.5) is 13.2 Å². The predicted octanol–water partition coefficient (Wildman–Crippen LogP) is 7.96. The van der Waals surface area contributed by atoms with Crippen molar-refractivity contribution in [2.45, 2.75) is 53.1 Å². The van der Waals surface area contributed by atoms with Crippen molar-refractivity contribution >= 4 is 30.0 Å². The van der Waals surface area contributed by atoms with Crippen molar-refractivity contribution in [2.24, 2.45) is 5.41 Å². The minimum absolute atomic E-state index is 0.305. The number of nitrogens with zero attached hydrogens (tertiary/aromatic N) is 3. The molecule has 1 heterocycles. The average molecular weight is 532 g/mol. The van der Waals surface area contributed by atoms with E-state index in [2.05, 4.69) is 24.3 Å². The maximum atomic E-state index is 13.3. The number of halogens is 3. The monoisotopic (exact) mass is 531 g/mol. The number of hydrogen-bond acceptors (Lipinski definition) is 4. The number of aromatic nitrogens is 2. The predicted molar refractivity (Wildman–Crippen MR) is 150 cm³/mol. The number of rotatable bonds is 13. The molecular weight excluding hydrogens is 495 g/mol. The van der Waals surface area contributed by atoms with Crippen LogP contribution in [0, 0.1) is 5.41 Å². The first-order valence-electron chi connectivity index (χ1n) is 12.2. The van der Waals surface area contributed by atoms with Gasteiger partial charge < -0.3 is 4.79 Å². The van der Waals surface area contributed by atoms with Crippen LogP contribution in [0.3, 0.4) is 0 Å². The minimum Gasteiger partial charge on any atom is -0.303 e. The zero-order valence-electron chi connectivity index (χ0n) is 22.0. The highest BCUT2D eigenvalue weighted by atomic mass is 32.2. The van der Waals surface area contributed by atoms with E-state index in [9.17, 15) is 18.0 Å². The van der Waals surface area contributed by atoms with Gasteiger partial charge in [0.2, 0.25) is 0 Å². The number of carbonyl (C=O) groups excluding carboxylic acids is 1. The normalized spacial score (nSPS) is 19.2. The molecule has 1 aromatic heterocycles. The largest absolute Gasteiger partial charge is 0.416 e. The second kappa shape index (κ2) is 13.6. The summed E-state index contributed by atoms with van der Waals surface area (Å²) in [7, 11) is 0. The van der Waals surface area contributed by atoms with Crippen molar-refractivity contribution in [3.63, 3.8) is 0 Å². The fourth-order valence-corrected chi connectivity index (χ4v) is 5.34. The Morgan fingerprint density at radius 2 is 2.08 bits per heavy atom. The Balaban J connectivity index is 2.37. The molecule has 0 saturated carbocycles. The highest BCUT2D eigenvalue weighted by molar-refractivity contribution is 8.00. The first-order valence-corrected chi connectivity index (χ1v) is 13.0. The Bertz CT molecular complexity index is 1140. The standard InChI is InChI=1S/C29H36F3N3OS/c1-7-11-12-14-26(9-3)35-27-17-22(5)28(15-16-36,19-24(27)20-33-35)21-34(10-4)37-23(6)18-25(13-8-2)29(30,31)32/h7-9,12-14,16-18,20H,1-2,10-11,15,19,21H2,3-6H3/b14-12-,23-18+,25-13+,26-9+. The molecule has 8 heteroatoms. The number of hydrogen-bond donors (Lipinski definition) is 0. The molecule has 1 unspecified atom stereocenters. The molecule has 1 aliphatic carbocycles. The van der Waals surface area contributed by atoms with E-state index >= 15 is 0 Å². The molecule has 2 rings (SSSR count). The van der Waals surface area contributed by atoms with Crippen molar-refractivity contribution < 1.29 is 18.0 Å². The second-order valence-electron chi connectivity index (χ2n) is 8.92. The summed E-state index contributed by atoms with van der Waals surface area (Å²) in [4.78, 5) is 12.3. The van der Waals surface area contributed by atoms with Crippen LogP contribution in [0.1, 0.15) is 51.8 Å². The molecule has 0 aliphatic heterocycles. The molecule has 37 heavy (non-hydrogen) atoms. The van der Waals surface area contributed by atoms with Crippen LogP contribution in [0.2, 0.25) is 0 Å². The van der Waals surface area contributed by atoms with Gasteiger partial charge >= 0.3 is 6.18 Å². The molecular formula is C29H36F3N3OS.